The first kappa shape index (κ1) is 16.7. The van der Waals surface area contributed by atoms with Crippen LogP contribution < -0.4 is 5.32 Å². The van der Waals surface area contributed by atoms with E-state index in [1.54, 1.807) is 0 Å². The Kier molecular flexibility index (Phi) is 5.92. The zero-order valence-electron chi connectivity index (χ0n) is 13.4. The lowest BCUT2D eigenvalue weighted by Gasteiger charge is -2.17. The zero-order chi connectivity index (χ0) is 16.7. The number of aryl methyl sites for hydroxylation is 2. The van der Waals surface area contributed by atoms with E-state index in [2.05, 4.69) is 5.32 Å². The van der Waals surface area contributed by atoms with Gasteiger partial charge in [0.1, 0.15) is 0 Å². The van der Waals surface area contributed by atoms with Gasteiger partial charge >= 0.3 is 5.97 Å². The van der Waals surface area contributed by atoms with Crippen LogP contribution in [0.4, 0.5) is 0 Å². The van der Waals surface area contributed by atoms with Crippen molar-refractivity contribution in [2.45, 2.75) is 25.8 Å². The second-order valence-corrected chi connectivity index (χ2v) is 5.42. The smallest absolute Gasteiger partial charge is 0.333 e. The molecule has 0 aliphatic carbocycles. The molecule has 4 nitrogen and oxygen atoms in total. The summed E-state index contributed by atoms with van der Waals surface area (Å²) in [5.41, 5.74) is 2.90. The van der Waals surface area contributed by atoms with Gasteiger partial charge in [-0.05, 0) is 24.5 Å². The van der Waals surface area contributed by atoms with Gasteiger partial charge in [-0.1, -0.05) is 60.2 Å². The van der Waals surface area contributed by atoms with Crippen LogP contribution in [0.25, 0.3) is 0 Å². The number of esters is 1. The van der Waals surface area contributed by atoms with Crippen LogP contribution in [-0.2, 0) is 20.7 Å². The molecule has 4 heteroatoms. The first-order chi connectivity index (χ1) is 11.1. The molecule has 0 unspecified atom stereocenters. The van der Waals surface area contributed by atoms with Crippen molar-refractivity contribution < 1.29 is 14.3 Å². The highest BCUT2D eigenvalue weighted by Gasteiger charge is 2.23. The Balaban J connectivity index is 2.01. The molecule has 0 aliphatic heterocycles. The van der Waals surface area contributed by atoms with Gasteiger partial charge in [-0.15, -0.1) is 0 Å². The molecule has 2 aromatic rings. The molecule has 1 amide bonds. The minimum absolute atomic E-state index is 0.176. The zero-order valence-corrected chi connectivity index (χ0v) is 13.4. The van der Waals surface area contributed by atoms with E-state index < -0.39 is 12.0 Å². The average Bonchev–Trinajstić information content (AvgIpc) is 2.59. The third-order valence-electron chi connectivity index (χ3n) is 3.64. The molecule has 120 valence electrons. The summed E-state index contributed by atoms with van der Waals surface area (Å²) in [5, 5.41) is 2.76. The second-order valence-electron chi connectivity index (χ2n) is 5.42. The average molecular weight is 311 g/mol. The highest BCUT2D eigenvalue weighted by molar-refractivity contribution is 5.85. The summed E-state index contributed by atoms with van der Waals surface area (Å²) in [5.74, 6) is -0.647. The van der Waals surface area contributed by atoms with Gasteiger partial charge in [-0.3, -0.25) is 4.79 Å². The van der Waals surface area contributed by atoms with Crippen LogP contribution in [0.1, 0.15) is 29.2 Å². The van der Waals surface area contributed by atoms with E-state index in [0.717, 1.165) is 16.7 Å². The molecule has 1 N–H and O–H groups in total. The SMILES string of the molecule is COC(=O)[C@@H](NC(=O)CCc1ccccc1)c1ccc(C)cc1. The Hall–Kier alpha value is -2.62. The minimum atomic E-state index is -0.774. The predicted octanol–water partition coefficient (Wildman–Crippen LogP) is 2.96. The molecule has 0 saturated carbocycles. The third kappa shape index (κ3) is 4.95. The molecule has 0 aromatic heterocycles. The van der Waals surface area contributed by atoms with E-state index in [9.17, 15) is 9.59 Å². The van der Waals surface area contributed by atoms with Crippen LogP contribution in [0, 0.1) is 6.92 Å². The molecule has 0 fully saturated rings. The summed E-state index contributed by atoms with van der Waals surface area (Å²) >= 11 is 0. The van der Waals surface area contributed by atoms with E-state index >= 15 is 0 Å². The van der Waals surface area contributed by atoms with E-state index in [1.807, 2.05) is 61.5 Å². The Morgan fingerprint density at radius 2 is 1.70 bits per heavy atom. The largest absolute Gasteiger partial charge is 0.467 e. The molecule has 2 rings (SSSR count). The summed E-state index contributed by atoms with van der Waals surface area (Å²) in [7, 11) is 1.32. The Labute approximate surface area is 136 Å². The number of benzene rings is 2. The lowest BCUT2D eigenvalue weighted by atomic mass is 10.0. The van der Waals surface area contributed by atoms with Crippen LogP contribution in [0.5, 0.6) is 0 Å². The normalized spacial score (nSPS) is 11.6. The van der Waals surface area contributed by atoms with Crippen LogP contribution in [0.15, 0.2) is 54.6 Å². The fourth-order valence-electron chi connectivity index (χ4n) is 2.29. The highest BCUT2D eigenvalue weighted by Crippen LogP contribution is 2.16. The number of nitrogens with one attached hydrogen (secondary N) is 1. The third-order valence-corrected chi connectivity index (χ3v) is 3.64. The monoisotopic (exact) mass is 311 g/mol. The molecule has 0 heterocycles. The Morgan fingerprint density at radius 1 is 1.04 bits per heavy atom. The van der Waals surface area contributed by atoms with Crippen molar-refractivity contribution in [3.63, 3.8) is 0 Å². The van der Waals surface area contributed by atoms with Gasteiger partial charge in [0.25, 0.3) is 0 Å². The molecule has 0 bridgehead atoms. The molecule has 1 atom stereocenters. The number of methoxy groups -OCH3 is 1. The molecule has 23 heavy (non-hydrogen) atoms. The maximum atomic E-state index is 12.2. The Morgan fingerprint density at radius 3 is 2.30 bits per heavy atom. The van der Waals surface area contributed by atoms with Crippen molar-refractivity contribution in [2.24, 2.45) is 0 Å². The number of carbonyl (C=O) groups excluding carboxylic acids is 2. The quantitative estimate of drug-likeness (QED) is 0.835. The number of amides is 1. The lowest BCUT2D eigenvalue weighted by Crippen LogP contribution is -2.34. The molecule has 0 spiro atoms. The van der Waals surface area contributed by atoms with Gasteiger partial charge in [0.05, 0.1) is 7.11 Å². The van der Waals surface area contributed by atoms with Crippen molar-refractivity contribution >= 4 is 11.9 Å². The maximum Gasteiger partial charge on any atom is 0.333 e. The van der Waals surface area contributed by atoms with E-state index in [-0.39, 0.29) is 5.91 Å². The van der Waals surface area contributed by atoms with Crippen molar-refractivity contribution in [3.8, 4) is 0 Å². The first-order valence-corrected chi connectivity index (χ1v) is 7.58. The van der Waals surface area contributed by atoms with E-state index in [1.165, 1.54) is 7.11 Å². The van der Waals surface area contributed by atoms with Crippen molar-refractivity contribution in [3.05, 3.63) is 71.3 Å². The van der Waals surface area contributed by atoms with Crippen molar-refractivity contribution in [2.75, 3.05) is 7.11 Å². The number of hydrogen-bond donors (Lipinski definition) is 1. The second kappa shape index (κ2) is 8.13. The first-order valence-electron chi connectivity index (χ1n) is 7.58. The fourth-order valence-corrected chi connectivity index (χ4v) is 2.29. The summed E-state index contributed by atoms with van der Waals surface area (Å²) in [6.45, 7) is 1.97. The van der Waals surface area contributed by atoms with Crippen molar-refractivity contribution in [1.82, 2.24) is 5.32 Å². The van der Waals surface area contributed by atoms with Crippen LogP contribution in [0.3, 0.4) is 0 Å². The molecule has 0 radical (unpaired) electrons. The number of rotatable bonds is 6. The Bertz CT molecular complexity index is 650. The molecule has 0 saturated heterocycles. The van der Waals surface area contributed by atoms with Crippen LogP contribution in [0.2, 0.25) is 0 Å². The molecule has 0 aliphatic rings. The summed E-state index contributed by atoms with van der Waals surface area (Å²) < 4.78 is 4.81. The van der Waals surface area contributed by atoms with Gasteiger partial charge in [0.2, 0.25) is 5.91 Å². The topological polar surface area (TPSA) is 55.4 Å². The van der Waals surface area contributed by atoms with Gasteiger partial charge in [-0.25, -0.2) is 4.79 Å². The van der Waals surface area contributed by atoms with Gasteiger partial charge in [0.15, 0.2) is 6.04 Å². The fraction of sp³-hybridized carbons (Fsp3) is 0.263. The summed E-state index contributed by atoms with van der Waals surface area (Å²) in [6, 6.07) is 16.5. The minimum Gasteiger partial charge on any atom is -0.467 e. The lowest BCUT2D eigenvalue weighted by molar-refractivity contribution is -0.145. The van der Waals surface area contributed by atoms with Crippen LogP contribution in [-0.4, -0.2) is 19.0 Å². The molecular weight excluding hydrogens is 290 g/mol. The van der Waals surface area contributed by atoms with Crippen LogP contribution >= 0.6 is 0 Å². The van der Waals surface area contributed by atoms with Crippen molar-refractivity contribution in [1.29, 1.82) is 0 Å². The summed E-state index contributed by atoms with van der Waals surface area (Å²) in [4.78, 5) is 24.1. The number of ether oxygens (including phenoxy) is 1. The van der Waals surface area contributed by atoms with Gasteiger partial charge < -0.3 is 10.1 Å². The predicted molar refractivity (Wildman–Crippen MR) is 88.8 cm³/mol. The van der Waals surface area contributed by atoms with E-state index in [4.69, 9.17) is 4.74 Å². The van der Waals surface area contributed by atoms with Gasteiger partial charge in [0, 0.05) is 6.42 Å². The molecule has 2 aromatic carbocycles. The number of carbonyl (C=O) groups is 2. The summed E-state index contributed by atoms with van der Waals surface area (Å²) in [6.07, 6.45) is 0.956. The van der Waals surface area contributed by atoms with E-state index in [0.29, 0.717) is 12.8 Å². The number of hydrogen-bond acceptors (Lipinski definition) is 3. The standard InChI is InChI=1S/C19H21NO3/c1-14-8-11-16(12-9-14)18(19(22)23-2)20-17(21)13-10-15-6-4-3-5-7-15/h3-9,11-12,18H,10,13H2,1-2H3,(H,20,21)/t18-/m0/s1. The highest BCUT2D eigenvalue weighted by atomic mass is 16.5. The van der Waals surface area contributed by atoms with Gasteiger partial charge in [-0.2, -0.15) is 0 Å². The maximum absolute atomic E-state index is 12.2. The molecular formula is C19H21NO3.